The average molecular weight is 464 g/mol. The lowest BCUT2D eigenvalue weighted by atomic mass is 10.2. The summed E-state index contributed by atoms with van der Waals surface area (Å²) in [6, 6.07) is 17.4. The van der Waals surface area contributed by atoms with Gasteiger partial charge >= 0.3 is 0 Å². The Bertz CT molecular complexity index is 1060. The van der Waals surface area contributed by atoms with Crippen LogP contribution in [0.25, 0.3) is 5.69 Å². The first-order chi connectivity index (χ1) is 16.5. The lowest BCUT2D eigenvalue weighted by molar-refractivity contribution is 0.0259. The Labute approximate surface area is 201 Å². The van der Waals surface area contributed by atoms with Crippen LogP contribution >= 0.6 is 0 Å². The van der Waals surface area contributed by atoms with Gasteiger partial charge in [-0.15, -0.1) is 6.42 Å². The minimum atomic E-state index is -0.643. The first-order valence-corrected chi connectivity index (χ1v) is 11.4. The van der Waals surface area contributed by atoms with Crippen LogP contribution in [0, 0.1) is 19.3 Å². The highest BCUT2D eigenvalue weighted by Gasteiger charge is 2.22. The fourth-order valence-corrected chi connectivity index (χ4v) is 3.70. The molecule has 1 unspecified atom stereocenters. The summed E-state index contributed by atoms with van der Waals surface area (Å²) in [5.41, 5.74) is 2.74. The maximum Gasteiger partial charge on any atom is 0.227 e. The molecule has 0 saturated carbocycles. The number of ether oxygens (including phenoxy) is 3. The number of aromatic nitrogens is 2. The fraction of sp³-hybridized carbons (Fsp3) is 0.370. The van der Waals surface area contributed by atoms with E-state index in [1.165, 1.54) is 0 Å². The molecule has 0 aliphatic heterocycles. The summed E-state index contributed by atoms with van der Waals surface area (Å²) in [7, 11) is 1.64. The first kappa shape index (κ1) is 25.3. The maximum atomic E-state index is 10.5. The molecule has 1 N–H and O–H groups in total. The summed E-state index contributed by atoms with van der Waals surface area (Å²) >= 11 is 0. The van der Waals surface area contributed by atoms with Crippen LogP contribution in [0.4, 0.5) is 0 Å². The number of nitrogens with zero attached hydrogens (tertiary/aromatic N) is 3. The van der Waals surface area contributed by atoms with Crippen LogP contribution in [0.2, 0.25) is 0 Å². The summed E-state index contributed by atoms with van der Waals surface area (Å²) in [4.78, 5) is 2.18. The van der Waals surface area contributed by atoms with Gasteiger partial charge < -0.3 is 19.3 Å². The second kappa shape index (κ2) is 12.8. The SMILES string of the molecule is C#CCOCC(O)CN(CCC)Cc1c(C)nn(-c2ccccc2)c1Oc1ccc(OC)cc1. The molecule has 0 aliphatic carbocycles. The highest BCUT2D eigenvalue weighted by atomic mass is 16.5. The molecule has 1 aromatic heterocycles. The number of benzene rings is 2. The smallest absolute Gasteiger partial charge is 0.227 e. The third-order valence-corrected chi connectivity index (χ3v) is 5.30. The molecule has 7 heteroatoms. The molecule has 3 rings (SSSR count). The van der Waals surface area contributed by atoms with Gasteiger partial charge in [-0.25, -0.2) is 4.68 Å². The number of aliphatic hydroxyl groups excluding tert-OH is 1. The van der Waals surface area contributed by atoms with Gasteiger partial charge in [-0.05, 0) is 56.3 Å². The molecule has 180 valence electrons. The lowest BCUT2D eigenvalue weighted by Crippen LogP contribution is -2.35. The van der Waals surface area contributed by atoms with E-state index in [2.05, 4.69) is 17.7 Å². The van der Waals surface area contributed by atoms with Crippen LogP contribution in [-0.2, 0) is 11.3 Å². The lowest BCUT2D eigenvalue weighted by Gasteiger charge is -2.25. The van der Waals surface area contributed by atoms with E-state index >= 15 is 0 Å². The van der Waals surface area contributed by atoms with Gasteiger partial charge in [0.05, 0.1) is 36.8 Å². The van der Waals surface area contributed by atoms with Crippen molar-refractivity contribution in [3.63, 3.8) is 0 Å². The summed E-state index contributed by atoms with van der Waals surface area (Å²) < 4.78 is 18.8. The number of aliphatic hydroxyl groups is 1. The van der Waals surface area contributed by atoms with Crippen molar-refractivity contribution in [2.24, 2.45) is 0 Å². The number of rotatable bonds is 13. The topological polar surface area (TPSA) is 69.0 Å². The average Bonchev–Trinajstić information content (AvgIpc) is 3.15. The van der Waals surface area contributed by atoms with Crippen LogP contribution in [-0.4, -0.2) is 59.3 Å². The Morgan fingerprint density at radius 2 is 1.82 bits per heavy atom. The van der Waals surface area contributed by atoms with Crippen molar-refractivity contribution in [3.8, 4) is 35.4 Å². The normalized spacial score (nSPS) is 11.9. The Morgan fingerprint density at radius 1 is 1.12 bits per heavy atom. The van der Waals surface area contributed by atoms with Crippen molar-refractivity contribution in [2.75, 3.05) is 33.4 Å². The van der Waals surface area contributed by atoms with Crippen LogP contribution < -0.4 is 9.47 Å². The second-order valence-corrected chi connectivity index (χ2v) is 8.00. The van der Waals surface area contributed by atoms with E-state index in [0.29, 0.717) is 24.7 Å². The third kappa shape index (κ3) is 6.84. The van der Waals surface area contributed by atoms with Crippen LogP contribution in [0.3, 0.4) is 0 Å². The molecule has 0 radical (unpaired) electrons. The van der Waals surface area contributed by atoms with Crippen molar-refractivity contribution in [3.05, 3.63) is 65.9 Å². The van der Waals surface area contributed by atoms with Crippen molar-refractivity contribution in [1.29, 1.82) is 0 Å². The molecule has 0 amide bonds. The molecule has 34 heavy (non-hydrogen) atoms. The zero-order chi connectivity index (χ0) is 24.3. The van der Waals surface area contributed by atoms with Gasteiger partial charge in [-0.3, -0.25) is 4.90 Å². The molecular formula is C27H33N3O4. The molecule has 7 nitrogen and oxygen atoms in total. The van der Waals surface area contributed by atoms with Crippen molar-refractivity contribution >= 4 is 0 Å². The van der Waals surface area contributed by atoms with Crippen LogP contribution in [0.1, 0.15) is 24.6 Å². The number of terminal acetylenes is 1. The largest absolute Gasteiger partial charge is 0.497 e. The molecule has 3 aromatic rings. The summed E-state index contributed by atoms with van der Waals surface area (Å²) in [6.07, 6.45) is 5.53. The van der Waals surface area contributed by atoms with E-state index in [1.54, 1.807) is 7.11 Å². The Balaban J connectivity index is 1.91. The fourth-order valence-electron chi connectivity index (χ4n) is 3.70. The molecule has 0 fully saturated rings. The third-order valence-electron chi connectivity index (χ3n) is 5.30. The molecule has 1 atom stereocenters. The Kier molecular flexibility index (Phi) is 9.53. The molecule has 1 heterocycles. The van der Waals surface area contributed by atoms with Crippen molar-refractivity contribution in [2.45, 2.75) is 32.9 Å². The highest BCUT2D eigenvalue weighted by molar-refractivity contribution is 5.44. The van der Waals surface area contributed by atoms with E-state index in [1.807, 2.05) is 66.2 Å². The minimum absolute atomic E-state index is 0.188. The predicted molar refractivity (Wildman–Crippen MR) is 133 cm³/mol. The zero-order valence-corrected chi connectivity index (χ0v) is 20.1. The summed E-state index contributed by atoms with van der Waals surface area (Å²) in [6.45, 7) is 6.32. The first-order valence-electron chi connectivity index (χ1n) is 11.4. The molecular weight excluding hydrogens is 430 g/mol. The molecule has 0 bridgehead atoms. The van der Waals surface area contributed by atoms with Gasteiger partial charge in [0.15, 0.2) is 0 Å². The van der Waals surface area contributed by atoms with Crippen molar-refractivity contribution in [1.82, 2.24) is 14.7 Å². The van der Waals surface area contributed by atoms with E-state index in [-0.39, 0.29) is 13.2 Å². The van der Waals surface area contributed by atoms with Gasteiger partial charge in [0, 0.05) is 13.1 Å². The van der Waals surface area contributed by atoms with E-state index in [0.717, 1.165) is 35.7 Å². The van der Waals surface area contributed by atoms with Gasteiger partial charge in [-0.1, -0.05) is 31.0 Å². The highest BCUT2D eigenvalue weighted by Crippen LogP contribution is 2.32. The molecule has 0 saturated heterocycles. The maximum absolute atomic E-state index is 10.5. The number of aryl methyl sites for hydroxylation is 1. The Hall–Kier alpha value is -3.31. The van der Waals surface area contributed by atoms with Crippen LogP contribution in [0.15, 0.2) is 54.6 Å². The quantitative estimate of drug-likeness (QED) is 0.303. The van der Waals surface area contributed by atoms with E-state index < -0.39 is 6.10 Å². The second-order valence-electron chi connectivity index (χ2n) is 8.00. The van der Waals surface area contributed by atoms with Crippen LogP contribution in [0.5, 0.6) is 17.4 Å². The summed E-state index contributed by atoms with van der Waals surface area (Å²) in [5, 5.41) is 15.3. The monoisotopic (exact) mass is 463 g/mol. The standard InChI is InChI=1S/C27H33N3O4/c1-5-16-29(18-23(31)20-33-17-6-2)19-26-21(3)28-30(22-10-8-7-9-11-22)27(26)34-25-14-12-24(32-4)13-15-25/h2,7-15,23,31H,5,16-20H2,1,3-4H3. The molecule has 2 aromatic carbocycles. The van der Waals surface area contributed by atoms with Gasteiger partial charge in [0.2, 0.25) is 5.88 Å². The number of para-hydroxylation sites is 1. The number of methoxy groups -OCH3 is 1. The van der Waals surface area contributed by atoms with Gasteiger partial charge in [-0.2, -0.15) is 5.10 Å². The zero-order valence-electron chi connectivity index (χ0n) is 20.1. The Morgan fingerprint density at radius 3 is 2.47 bits per heavy atom. The van der Waals surface area contributed by atoms with Gasteiger partial charge in [0.25, 0.3) is 0 Å². The number of hydrogen-bond donors (Lipinski definition) is 1. The molecule has 0 spiro atoms. The predicted octanol–water partition coefficient (Wildman–Crippen LogP) is 4.20. The summed E-state index contributed by atoms with van der Waals surface area (Å²) in [5.74, 6) is 4.51. The van der Waals surface area contributed by atoms with E-state index in [9.17, 15) is 5.11 Å². The number of hydrogen-bond acceptors (Lipinski definition) is 6. The molecule has 0 aliphatic rings. The van der Waals surface area contributed by atoms with Gasteiger partial charge in [0.1, 0.15) is 18.1 Å². The van der Waals surface area contributed by atoms with Crippen molar-refractivity contribution < 1.29 is 19.3 Å². The van der Waals surface area contributed by atoms with E-state index in [4.69, 9.17) is 25.7 Å². The minimum Gasteiger partial charge on any atom is -0.497 e.